The van der Waals surface area contributed by atoms with E-state index in [9.17, 15) is 0 Å². The van der Waals surface area contributed by atoms with E-state index in [1.807, 2.05) is 23.5 Å². The van der Waals surface area contributed by atoms with Crippen LogP contribution in [0.4, 0.5) is 0 Å². The molecule has 3 heteroatoms. The van der Waals surface area contributed by atoms with Crippen LogP contribution in [0.2, 0.25) is 0 Å². The number of hydrogen-bond donors (Lipinski definition) is 1. The van der Waals surface area contributed by atoms with Gasteiger partial charge in [0.1, 0.15) is 0 Å². The van der Waals surface area contributed by atoms with E-state index in [1.165, 1.54) is 11.5 Å². The van der Waals surface area contributed by atoms with Gasteiger partial charge in [-0.05, 0) is 6.92 Å². The van der Waals surface area contributed by atoms with Crippen molar-refractivity contribution in [2.24, 2.45) is 5.73 Å². The van der Waals surface area contributed by atoms with Crippen LogP contribution >= 0.6 is 23.5 Å². The Bertz CT molecular complexity index is 68.8. The van der Waals surface area contributed by atoms with E-state index in [-0.39, 0.29) is 0 Å². The summed E-state index contributed by atoms with van der Waals surface area (Å²) in [6.45, 7) is 2.08. The summed E-state index contributed by atoms with van der Waals surface area (Å²) in [5, 5.41) is 0. The first-order chi connectivity index (χ1) is 3.80. The summed E-state index contributed by atoms with van der Waals surface area (Å²) in [7, 11) is 0. The SMILES string of the molecule is C[C@H](N)C1SCCS1. The molecule has 0 amide bonds. The van der Waals surface area contributed by atoms with Crippen LogP contribution in [0.15, 0.2) is 0 Å². The largest absolute Gasteiger partial charge is 0.326 e. The van der Waals surface area contributed by atoms with Crippen molar-refractivity contribution in [1.82, 2.24) is 0 Å². The van der Waals surface area contributed by atoms with Gasteiger partial charge in [-0.15, -0.1) is 23.5 Å². The Morgan fingerprint density at radius 2 is 2.00 bits per heavy atom. The maximum atomic E-state index is 5.66. The molecule has 2 N–H and O–H groups in total. The molecule has 1 aliphatic rings. The fourth-order valence-electron chi connectivity index (χ4n) is 0.680. The van der Waals surface area contributed by atoms with Gasteiger partial charge in [-0.2, -0.15) is 0 Å². The quantitative estimate of drug-likeness (QED) is 0.605. The minimum Gasteiger partial charge on any atom is -0.326 e. The van der Waals surface area contributed by atoms with Gasteiger partial charge >= 0.3 is 0 Å². The molecule has 48 valence electrons. The van der Waals surface area contributed by atoms with Crippen molar-refractivity contribution in [3.05, 3.63) is 0 Å². The van der Waals surface area contributed by atoms with Crippen molar-refractivity contribution >= 4 is 23.5 Å². The van der Waals surface area contributed by atoms with Crippen LogP contribution in [0.25, 0.3) is 0 Å². The lowest BCUT2D eigenvalue weighted by Gasteiger charge is -2.10. The van der Waals surface area contributed by atoms with Crippen molar-refractivity contribution in [2.75, 3.05) is 11.5 Å². The van der Waals surface area contributed by atoms with E-state index < -0.39 is 0 Å². The molecule has 1 atom stereocenters. The highest BCUT2D eigenvalue weighted by atomic mass is 32.2. The van der Waals surface area contributed by atoms with Gasteiger partial charge in [-0.3, -0.25) is 0 Å². The second-order valence-electron chi connectivity index (χ2n) is 1.97. The Hall–Kier alpha value is 0.660. The summed E-state index contributed by atoms with van der Waals surface area (Å²) in [6, 6.07) is 0.368. The number of nitrogens with two attached hydrogens (primary N) is 1. The molecule has 1 nitrogen and oxygen atoms in total. The van der Waals surface area contributed by atoms with Gasteiger partial charge in [0, 0.05) is 17.5 Å². The van der Waals surface area contributed by atoms with E-state index in [1.54, 1.807) is 0 Å². The number of thioether (sulfide) groups is 2. The van der Waals surface area contributed by atoms with Gasteiger partial charge in [-0.1, -0.05) is 0 Å². The molecule has 0 aromatic heterocycles. The summed E-state index contributed by atoms with van der Waals surface area (Å²) in [4.78, 5) is 0. The fraction of sp³-hybridized carbons (Fsp3) is 1.00. The maximum absolute atomic E-state index is 5.66. The molecule has 0 aliphatic carbocycles. The highest BCUT2D eigenvalue weighted by molar-refractivity contribution is 8.20. The Morgan fingerprint density at radius 1 is 1.50 bits per heavy atom. The zero-order chi connectivity index (χ0) is 5.98. The predicted octanol–water partition coefficient (Wildman–Crippen LogP) is 1.14. The van der Waals surface area contributed by atoms with Crippen molar-refractivity contribution in [1.29, 1.82) is 0 Å². The average Bonchev–Trinajstić information content (AvgIpc) is 2.12. The van der Waals surface area contributed by atoms with E-state index in [0.717, 1.165) is 0 Å². The van der Waals surface area contributed by atoms with Gasteiger partial charge < -0.3 is 5.73 Å². The van der Waals surface area contributed by atoms with Crippen molar-refractivity contribution < 1.29 is 0 Å². The standard InChI is InChI=1S/C5H11NS2/c1-4(6)5-7-2-3-8-5/h4-5H,2-3,6H2,1H3/t4-/m0/s1. The van der Waals surface area contributed by atoms with Gasteiger partial charge in [0.25, 0.3) is 0 Å². The van der Waals surface area contributed by atoms with Crippen LogP contribution in [0, 0.1) is 0 Å². The maximum Gasteiger partial charge on any atom is 0.0651 e. The zero-order valence-electron chi connectivity index (χ0n) is 4.96. The normalized spacial score (nSPS) is 26.2. The Balaban J connectivity index is 2.24. The van der Waals surface area contributed by atoms with E-state index >= 15 is 0 Å². The molecule has 0 unspecified atom stereocenters. The smallest absolute Gasteiger partial charge is 0.0651 e. The minimum atomic E-state index is 0.368. The second-order valence-corrected chi connectivity index (χ2v) is 4.77. The first-order valence-electron chi connectivity index (χ1n) is 2.79. The Morgan fingerprint density at radius 3 is 2.25 bits per heavy atom. The van der Waals surface area contributed by atoms with E-state index in [0.29, 0.717) is 10.6 Å². The molecule has 0 saturated carbocycles. The van der Waals surface area contributed by atoms with Gasteiger partial charge in [0.15, 0.2) is 0 Å². The van der Waals surface area contributed by atoms with E-state index in [2.05, 4.69) is 6.92 Å². The third-order valence-electron chi connectivity index (χ3n) is 1.08. The molecule has 1 saturated heterocycles. The van der Waals surface area contributed by atoms with Crippen molar-refractivity contribution in [2.45, 2.75) is 17.5 Å². The molecule has 1 heterocycles. The molecule has 0 spiro atoms. The third-order valence-corrected chi connectivity index (χ3v) is 4.55. The number of rotatable bonds is 1. The molecule has 8 heavy (non-hydrogen) atoms. The average molecular weight is 149 g/mol. The lowest BCUT2D eigenvalue weighted by atomic mass is 10.4. The summed E-state index contributed by atoms with van der Waals surface area (Å²) in [5.74, 6) is 2.58. The summed E-state index contributed by atoms with van der Waals surface area (Å²) in [5.41, 5.74) is 5.66. The lowest BCUT2D eigenvalue weighted by molar-refractivity contribution is 0.820. The summed E-state index contributed by atoms with van der Waals surface area (Å²) in [6.07, 6.45) is 0. The predicted molar refractivity (Wildman–Crippen MR) is 42.4 cm³/mol. The first-order valence-corrected chi connectivity index (χ1v) is 4.89. The van der Waals surface area contributed by atoms with Gasteiger partial charge in [0.05, 0.1) is 4.58 Å². The minimum absolute atomic E-state index is 0.368. The monoisotopic (exact) mass is 149 g/mol. The molecular formula is C5H11NS2. The van der Waals surface area contributed by atoms with Crippen LogP contribution in [-0.2, 0) is 0 Å². The first kappa shape index (κ1) is 6.78. The van der Waals surface area contributed by atoms with Crippen LogP contribution in [0.3, 0.4) is 0 Å². The van der Waals surface area contributed by atoms with Crippen molar-refractivity contribution in [3.63, 3.8) is 0 Å². The molecule has 0 aromatic carbocycles. The topological polar surface area (TPSA) is 26.0 Å². The Labute approximate surface area is 58.8 Å². The number of hydrogen-bond acceptors (Lipinski definition) is 3. The van der Waals surface area contributed by atoms with Crippen LogP contribution < -0.4 is 5.73 Å². The third kappa shape index (κ3) is 1.57. The molecule has 1 rings (SSSR count). The fourth-order valence-corrected chi connectivity index (χ4v) is 3.48. The van der Waals surface area contributed by atoms with Crippen LogP contribution in [-0.4, -0.2) is 22.1 Å². The molecule has 1 aliphatic heterocycles. The van der Waals surface area contributed by atoms with Gasteiger partial charge in [-0.25, -0.2) is 0 Å². The molecule has 1 fully saturated rings. The Kier molecular flexibility index (Phi) is 2.53. The second kappa shape index (κ2) is 2.99. The van der Waals surface area contributed by atoms with Gasteiger partial charge in [0.2, 0.25) is 0 Å². The highest BCUT2D eigenvalue weighted by Gasteiger charge is 2.19. The molecule has 0 bridgehead atoms. The van der Waals surface area contributed by atoms with Crippen LogP contribution in [0.1, 0.15) is 6.92 Å². The zero-order valence-corrected chi connectivity index (χ0v) is 6.60. The molecule has 0 radical (unpaired) electrons. The molecular weight excluding hydrogens is 138 g/mol. The van der Waals surface area contributed by atoms with E-state index in [4.69, 9.17) is 5.73 Å². The highest BCUT2D eigenvalue weighted by Crippen LogP contribution is 2.33. The molecule has 0 aromatic rings. The van der Waals surface area contributed by atoms with Crippen molar-refractivity contribution in [3.8, 4) is 0 Å². The van der Waals surface area contributed by atoms with Crippen LogP contribution in [0.5, 0.6) is 0 Å². The lowest BCUT2D eigenvalue weighted by Crippen LogP contribution is -2.24. The summed E-state index contributed by atoms with van der Waals surface area (Å²) >= 11 is 3.98. The summed E-state index contributed by atoms with van der Waals surface area (Å²) < 4.78 is 0.676.